The van der Waals surface area contributed by atoms with Crippen molar-refractivity contribution in [2.75, 3.05) is 0 Å². The Bertz CT molecular complexity index is 594. The maximum atomic E-state index is 10.1. The molecule has 0 fully saturated rings. The van der Waals surface area contributed by atoms with E-state index in [-0.39, 0.29) is 10.4 Å². The Hall–Kier alpha value is -1.57. The molecule has 2 aromatic heterocycles. The second kappa shape index (κ2) is 3.89. The lowest BCUT2D eigenvalue weighted by Crippen LogP contribution is -1.85. The predicted molar refractivity (Wildman–Crippen MR) is 56.9 cm³/mol. The van der Waals surface area contributed by atoms with E-state index in [9.17, 15) is 4.79 Å². The summed E-state index contributed by atoms with van der Waals surface area (Å²) in [5.74, 6) is 4.91. The zero-order chi connectivity index (χ0) is 10.8. The van der Waals surface area contributed by atoms with Gasteiger partial charge in [0.15, 0.2) is 6.29 Å². The van der Waals surface area contributed by atoms with E-state index < -0.39 is 0 Å². The molecule has 0 bridgehead atoms. The molecule has 0 radical (unpaired) electrons. The van der Waals surface area contributed by atoms with Gasteiger partial charge in [-0.25, -0.2) is 4.98 Å². The van der Waals surface area contributed by atoms with Crippen molar-refractivity contribution in [1.29, 1.82) is 0 Å². The molecule has 0 amide bonds. The lowest BCUT2D eigenvalue weighted by Gasteiger charge is -1.94. The van der Waals surface area contributed by atoms with Crippen molar-refractivity contribution in [2.24, 2.45) is 0 Å². The SMILES string of the molecule is O=CC#Cc1c[nH]c2nc(Cl)nc(Cl)c12. The minimum atomic E-state index is 0.0595. The number of hydrogen-bond donors (Lipinski definition) is 1. The Kier molecular flexibility index (Phi) is 2.58. The smallest absolute Gasteiger partial charge is 0.225 e. The van der Waals surface area contributed by atoms with Crippen LogP contribution in [0, 0.1) is 11.8 Å². The van der Waals surface area contributed by atoms with Gasteiger partial charge in [0.2, 0.25) is 5.28 Å². The van der Waals surface area contributed by atoms with Gasteiger partial charge in [-0.1, -0.05) is 17.5 Å². The molecular formula is C9H3Cl2N3O. The summed E-state index contributed by atoms with van der Waals surface area (Å²) in [6.45, 7) is 0. The van der Waals surface area contributed by atoms with Crippen LogP contribution in [-0.2, 0) is 4.79 Å². The Morgan fingerprint density at radius 2 is 2.20 bits per heavy atom. The molecule has 2 heterocycles. The molecule has 4 nitrogen and oxygen atoms in total. The van der Waals surface area contributed by atoms with Crippen molar-refractivity contribution >= 4 is 40.5 Å². The third kappa shape index (κ3) is 1.80. The fraction of sp³-hybridized carbons (Fsp3) is 0. The largest absolute Gasteiger partial charge is 0.345 e. The number of aromatic amines is 1. The fourth-order valence-electron chi connectivity index (χ4n) is 1.17. The number of aromatic nitrogens is 3. The number of H-pyrrole nitrogens is 1. The summed E-state index contributed by atoms with van der Waals surface area (Å²) < 4.78 is 0. The second-order valence-electron chi connectivity index (χ2n) is 2.60. The molecule has 2 rings (SSSR count). The molecule has 0 atom stereocenters. The molecule has 0 spiro atoms. The molecule has 0 saturated heterocycles. The molecule has 0 unspecified atom stereocenters. The topological polar surface area (TPSA) is 58.6 Å². The lowest BCUT2D eigenvalue weighted by molar-refractivity contribution is -0.103. The highest BCUT2D eigenvalue weighted by molar-refractivity contribution is 6.36. The number of nitrogens with zero attached hydrogens (tertiary/aromatic N) is 2. The van der Waals surface area contributed by atoms with Gasteiger partial charge in [-0.05, 0) is 17.5 Å². The number of hydrogen-bond acceptors (Lipinski definition) is 3. The Balaban J connectivity index is 2.74. The molecule has 74 valence electrons. The molecular weight excluding hydrogens is 237 g/mol. The molecule has 0 aromatic carbocycles. The van der Waals surface area contributed by atoms with Gasteiger partial charge >= 0.3 is 0 Å². The highest BCUT2D eigenvalue weighted by Crippen LogP contribution is 2.24. The summed E-state index contributed by atoms with van der Waals surface area (Å²) >= 11 is 11.5. The molecule has 0 saturated carbocycles. The Labute approximate surface area is 94.6 Å². The average Bonchev–Trinajstić information content (AvgIpc) is 2.58. The highest BCUT2D eigenvalue weighted by Gasteiger charge is 2.09. The van der Waals surface area contributed by atoms with E-state index in [0.29, 0.717) is 22.9 Å². The fourth-order valence-corrected chi connectivity index (χ4v) is 1.65. The van der Waals surface area contributed by atoms with Crippen molar-refractivity contribution in [3.05, 3.63) is 22.2 Å². The van der Waals surface area contributed by atoms with E-state index >= 15 is 0 Å². The highest BCUT2D eigenvalue weighted by atomic mass is 35.5. The quantitative estimate of drug-likeness (QED) is 0.330. The third-order valence-corrected chi connectivity index (χ3v) is 2.17. The first-order valence-electron chi connectivity index (χ1n) is 3.87. The van der Waals surface area contributed by atoms with Crippen molar-refractivity contribution in [1.82, 2.24) is 15.0 Å². The zero-order valence-electron chi connectivity index (χ0n) is 7.21. The monoisotopic (exact) mass is 239 g/mol. The van der Waals surface area contributed by atoms with E-state index in [1.54, 1.807) is 6.20 Å². The summed E-state index contributed by atoms with van der Waals surface area (Å²) in [5.41, 5.74) is 1.06. The van der Waals surface area contributed by atoms with Crippen molar-refractivity contribution < 1.29 is 4.79 Å². The minimum absolute atomic E-state index is 0.0595. The maximum absolute atomic E-state index is 10.1. The van der Waals surface area contributed by atoms with Crippen LogP contribution in [-0.4, -0.2) is 21.2 Å². The van der Waals surface area contributed by atoms with Crippen LogP contribution in [0.2, 0.25) is 10.4 Å². The average molecular weight is 240 g/mol. The van der Waals surface area contributed by atoms with Gasteiger partial charge in [0.1, 0.15) is 10.8 Å². The van der Waals surface area contributed by atoms with Gasteiger partial charge in [0.05, 0.1) is 10.9 Å². The van der Waals surface area contributed by atoms with Crippen LogP contribution in [0.3, 0.4) is 0 Å². The molecule has 0 aliphatic heterocycles. The van der Waals surface area contributed by atoms with E-state index in [4.69, 9.17) is 23.2 Å². The van der Waals surface area contributed by atoms with Gasteiger partial charge in [-0.15, -0.1) is 0 Å². The van der Waals surface area contributed by atoms with Gasteiger partial charge in [-0.3, -0.25) is 4.79 Å². The molecule has 2 aromatic rings. The second-order valence-corrected chi connectivity index (χ2v) is 3.29. The predicted octanol–water partition coefficient (Wildman–Crippen LogP) is 1.82. The number of carbonyl (C=O) groups is 1. The van der Waals surface area contributed by atoms with Gasteiger partial charge in [-0.2, -0.15) is 4.98 Å². The summed E-state index contributed by atoms with van der Waals surface area (Å²) in [5, 5.41) is 0.834. The number of aldehydes is 1. The van der Waals surface area contributed by atoms with E-state index in [1.807, 2.05) is 0 Å². The molecule has 0 aliphatic rings. The number of fused-ring (bicyclic) bond motifs is 1. The van der Waals surface area contributed by atoms with Crippen LogP contribution in [0.4, 0.5) is 0 Å². The van der Waals surface area contributed by atoms with E-state index in [2.05, 4.69) is 26.8 Å². The molecule has 6 heteroatoms. The number of nitrogens with one attached hydrogen (secondary N) is 1. The normalized spacial score (nSPS) is 9.73. The first-order chi connectivity index (χ1) is 7.22. The van der Waals surface area contributed by atoms with Gasteiger partial charge < -0.3 is 4.98 Å². The zero-order valence-corrected chi connectivity index (χ0v) is 8.73. The van der Waals surface area contributed by atoms with Crippen LogP contribution < -0.4 is 0 Å². The van der Waals surface area contributed by atoms with Crippen molar-refractivity contribution in [3.8, 4) is 11.8 Å². The Morgan fingerprint density at radius 3 is 2.93 bits per heavy atom. The minimum Gasteiger partial charge on any atom is -0.345 e. The number of carbonyl (C=O) groups excluding carboxylic acids is 1. The molecule has 1 N–H and O–H groups in total. The van der Waals surface area contributed by atoms with Crippen LogP contribution >= 0.6 is 23.2 Å². The third-order valence-electron chi connectivity index (χ3n) is 1.73. The van der Waals surface area contributed by atoms with Gasteiger partial charge in [0, 0.05) is 6.20 Å². The van der Waals surface area contributed by atoms with Crippen molar-refractivity contribution in [3.63, 3.8) is 0 Å². The van der Waals surface area contributed by atoms with Crippen LogP contribution in [0.1, 0.15) is 5.56 Å². The standard InChI is InChI=1S/C9H3Cl2N3O/c10-7-6-5(2-1-3-15)4-12-8(6)14-9(11)13-7/h3-4H,(H,12,13,14). The number of halogens is 2. The summed E-state index contributed by atoms with van der Waals surface area (Å²) in [6, 6.07) is 0. The summed E-state index contributed by atoms with van der Waals surface area (Å²) in [6.07, 6.45) is 2.10. The van der Waals surface area contributed by atoms with Crippen molar-refractivity contribution in [2.45, 2.75) is 0 Å². The lowest BCUT2D eigenvalue weighted by atomic mass is 10.2. The molecule has 15 heavy (non-hydrogen) atoms. The van der Waals surface area contributed by atoms with E-state index in [0.717, 1.165) is 0 Å². The van der Waals surface area contributed by atoms with Crippen LogP contribution in [0.15, 0.2) is 6.20 Å². The summed E-state index contributed by atoms with van der Waals surface area (Å²) in [7, 11) is 0. The summed E-state index contributed by atoms with van der Waals surface area (Å²) in [4.78, 5) is 20.7. The number of rotatable bonds is 0. The Morgan fingerprint density at radius 1 is 1.40 bits per heavy atom. The van der Waals surface area contributed by atoms with Crippen LogP contribution in [0.25, 0.3) is 11.0 Å². The first-order valence-corrected chi connectivity index (χ1v) is 4.63. The molecule has 0 aliphatic carbocycles. The van der Waals surface area contributed by atoms with Crippen LogP contribution in [0.5, 0.6) is 0 Å². The van der Waals surface area contributed by atoms with Gasteiger partial charge in [0.25, 0.3) is 0 Å². The maximum Gasteiger partial charge on any atom is 0.225 e. The van der Waals surface area contributed by atoms with E-state index in [1.165, 1.54) is 0 Å². The first kappa shape index (κ1) is 9.97.